The Morgan fingerprint density at radius 2 is 2.18 bits per heavy atom. The molecule has 1 N–H and O–H groups in total. The van der Waals surface area contributed by atoms with Crippen LogP contribution >= 0.6 is 11.3 Å². The van der Waals surface area contributed by atoms with Crippen LogP contribution in [0.1, 0.15) is 59.6 Å². The van der Waals surface area contributed by atoms with Crippen LogP contribution in [0.3, 0.4) is 0 Å². The van der Waals surface area contributed by atoms with E-state index in [2.05, 4.69) is 12.2 Å². The average molecular weight is 321 g/mol. The molecule has 2 atom stereocenters. The van der Waals surface area contributed by atoms with Crippen molar-refractivity contribution >= 4 is 23.2 Å². The molecular weight excluding hydrogens is 298 g/mol. The summed E-state index contributed by atoms with van der Waals surface area (Å²) in [5.74, 6) is 0.170. The smallest absolute Gasteiger partial charge is 0.349 e. The predicted octanol–water partition coefficient (Wildman–Crippen LogP) is 3.09. The Labute approximate surface area is 135 Å². The molecule has 0 aliphatic heterocycles. The van der Waals surface area contributed by atoms with E-state index in [1.54, 1.807) is 6.92 Å². The molecule has 0 spiro atoms. The summed E-state index contributed by atoms with van der Waals surface area (Å²) < 4.78 is 5.32. The van der Waals surface area contributed by atoms with Crippen LogP contribution in [0, 0.1) is 5.92 Å². The van der Waals surface area contributed by atoms with Crippen LogP contribution in [0.5, 0.6) is 0 Å². The number of hydrogen-bond acceptors (Lipinski definition) is 4. The third-order valence-electron chi connectivity index (χ3n) is 4.54. The maximum Gasteiger partial charge on any atom is 0.349 e. The Balaban J connectivity index is 1.60. The quantitative estimate of drug-likeness (QED) is 0.848. The Bertz CT molecular complexity index is 576. The summed E-state index contributed by atoms with van der Waals surface area (Å²) in [4.78, 5) is 26.0. The van der Waals surface area contributed by atoms with E-state index in [4.69, 9.17) is 4.74 Å². The van der Waals surface area contributed by atoms with Gasteiger partial charge in [0.05, 0.1) is 0 Å². The molecule has 120 valence electrons. The van der Waals surface area contributed by atoms with Crippen LogP contribution in [0.4, 0.5) is 0 Å². The van der Waals surface area contributed by atoms with Gasteiger partial charge >= 0.3 is 5.97 Å². The number of aryl methyl sites for hydroxylation is 1. The highest BCUT2D eigenvalue weighted by Crippen LogP contribution is 2.33. The monoisotopic (exact) mass is 321 g/mol. The van der Waals surface area contributed by atoms with E-state index < -0.39 is 6.10 Å². The van der Waals surface area contributed by atoms with Crippen molar-refractivity contribution in [2.24, 2.45) is 5.92 Å². The Hall–Kier alpha value is -1.36. The molecule has 1 aromatic rings. The van der Waals surface area contributed by atoms with E-state index in [9.17, 15) is 9.59 Å². The second-order valence-corrected chi connectivity index (χ2v) is 7.54. The lowest BCUT2D eigenvalue weighted by Gasteiger charge is -2.19. The van der Waals surface area contributed by atoms with Gasteiger partial charge in [-0.1, -0.05) is 13.3 Å². The van der Waals surface area contributed by atoms with Crippen LogP contribution in [-0.2, 0) is 22.4 Å². The number of ether oxygens (including phenoxy) is 1. The van der Waals surface area contributed by atoms with Crippen LogP contribution in [0.2, 0.25) is 0 Å². The van der Waals surface area contributed by atoms with E-state index in [0.717, 1.165) is 31.6 Å². The number of carbonyl (C=O) groups excluding carboxylic acids is 2. The lowest BCUT2D eigenvalue weighted by atomic mass is 9.87. The minimum absolute atomic E-state index is 0.191. The summed E-state index contributed by atoms with van der Waals surface area (Å²) in [5.41, 5.74) is 1.30. The molecule has 0 aromatic carbocycles. The van der Waals surface area contributed by atoms with Crippen LogP contribution in [0.15, 0.2) is 6.07 Å². The molecule has 4 nitrogen and oxygen atoms in total. The zero-order chi connectivity index (χ0) is 15.7. The van der Waals surface area contributed by atoms with Gasteiger partial charge < -0.3 is 10.1 Å². The normalized spacial score (nSPS) is 21.8. The fourth-order valence-corrected chi connectivity index (χ4v) is 3.96. The first kappa shape index (κ1) is 15.5. The molecule has 1 aromatic heterocycles. The van der Waals surface area contributed by atoms with Crippen LogP contribution < -0.4 is 5.32 Å². The van der Waals surface area contributed by atoms with Crippen molar-refractivity contribution in [3.63, 3.8) is 0 Å². The van der Waals surface area contributed by atoms with Gasteiger partial charge in [-0.15, -0.1) is 11.3 Å². The topological polar surface area (TPSA) is 55.4 Å². The highest BCUT2D eigenvalue weighted by molar-refractivity contribution is 7.14. The summed E-state index contributed by atoms with van der Waals surface area (Å²) in [6.07, 6.45) is 5.85. The SMILES string of the molecule is CC[C@H]1CCc2sc(C(=O)O[C@H](C)C(=O)NC3CC3)cc2C1. The summed E-state index contributed by atoms with van der Waals surface area (Å²) in [6, 6.07) is 2.25. The largest absolute Gasteiger partial charge is 0.448 e. The van der Waals surface area contributed by atoms with Gasteiger partial charge in [0.25, 0.3) is 5.91 Å². The molecule has 0 radical (unpaired) electrons. The zero-order valence-electron chi connectivity index (χ0n) is 13.2. The minimum atomic E-state index is -0.726. The number of esters is 1. The summed E-state index contributed by atoms with van der Waals surface area (Å²) in [6.45, 7) is 3.85. The first-order chi connectivity index (χ1) is 10.6. The van der Waals surface area contributed by atoms with Crippen molar-refractivity contribution in [1.82, 2.24) is 5.32 Å². The highest BCUT2D eigenvalue weighted by Gasteiger charge is 2.28. The zero-order valence-corrected chi connectivity index (χ0v) is 14.0. The predicted molar refractivity (Wildman–Crippen MR) is 86.2 cm³/mol. The van der Waals surface area contributed by atoms with E-state index in [-0.39, 0.29) is 17.9 Å². The van der Waals surface area contributed by atoms with Crippen molar-refractivity contribution in [3.8, 4) is 0 Å². The third kappa shape index (κ3) is 3.51. The van der Waals surface area contributed by atoms with Crippen molar-refractivity contribution in [3.05, 3.63) is 21.4 Å². The van der Waals surface area contributed by atoms with Gasteiger partial charge in [0.2, 0.25) is 0 Å². The van der Waals surface area contributed by atoms with Crippen LogP contribution in [-0.4, -0.2) is 24.0 Å². The first-order valence-electron chi connectivity index (χ1n) is 8.19. The van der Waals surface area contributed by atoms with Gasteiger partial charge in [0, 0.05) is 10.9 Å². The summed E-state index contributed by atoms with van der Waals surface area (Å²) in [7, 11) is 0. The summed E-state index contributed by atoms with van der Waals surface area (Å²) in [5, 5.41) is 2.86. The molecule has 0 bridgehead atoms. The molecule has 0 saturated heterocycles. The van der Waals surface area contributed by atoms with Gasteiger partial charge in [-0.25, -0.2) is 4.79 Å². The van der Waals surface area contributed by atoms with Crippen molar-refractivity contribution in [2.45, 2.75) is 64.5 Å². The molecule has 1 fully saturated rings. The molecular formula is C17H23NO3S. The molecule has 3 rings (SSSR count). The number of rotatable bonds is 5. The molecule has 0 unspecified atom stereocenters. The van der Waals surface area contributed by atoms with Gasteiger partial charge in [0.15, 0.2) is 6.10 Å². The first-order valence-corrected chi connectivity index (χ1v) is 9.01. The fourth-order valence-electron chi connectivity index (χ4n) is 2.87. The van der Waals surface area contributed by atoms with E-state index >= 15 is 0 Å². The maximum atomic E-state index is 12.2. The number of fused-ring (bicyclic) bond motifs is 1. The fraction of sp³-hybridized carbons (Fsp3) is 0.647. The molecule has 22 heavy (non-hydrogen) atoms. The second-order valence-electron chi connectivity index (χ2n) is 6.41. The molecule has 5 heteroatoms. The van der Waals surface area contributed by atoms with E-state index in [0.29, 0.717) is 4.88 Å². The van der Waals surface area contributed by atoms with Crippen molar-refractivity contribution in [2.75, 3.05) is 0 Å². The van der Waals surface area contributed by atoms with Gasteiger partial charge in [-0.3, -0.25) is 4.79 Å². The molecule has 2 aliphatic carbocycles. The van der Waals surface area contributed by atoms with Crippen molar-refractivity contribution < 1.29 is 14.3 Å². The Morgan fingerprint density at radius 1 is 1.41 bits per heavy atom. The number of nitrogens with one attached hydrogen (secondary N) is 1. The van der Waals surface area contributed by atoms with Crippen LogP contribution in [0.25, 0.3) is 0 Å². The second kappa shape index (κ2) is 6.41. The number of thiophene rings is 1. The lowest BCUT2D eigenvalue weighted by molar-refractivity contribution is -0.129. The number of carbonyl (C=O) groups is 2. The van der Waals surface area contributed by atoms with Gasteiger partial charge in [-0.2, -0.15) is 0 Å². The Morgan fingerprint density at radius 3 is 2.86 bits per heavy atom. The van der Waals surface area contributed by atoms with E-state index in [1.165, 1.54) is 34.6 Å². The molecule has 2 aliphatic rings. The van der Waals surface area contributed by atoms with Gasteiger partial charge in [-0.05, 0) is 56.6 Å². The third-order valence-corrected chi connectivity index (χ3v) is 5.76. The highest BCUT2D eigenvalue weighted by atomic mass is 32.1. The number of amides is 1. The van der Waals surface area contributed by atoms with E-state index in [1.807, 2.05) is 6.07 Å². The number of hydrogen-bond donors (Lipinski definition) is 1. The van der Waals surface area contributed by atoms with Gasteiger partial charge in [0.1, 0.15) is 4.88 Å². The molecule has 1 amide bonds. The molecule has 1 heterocycles. The maximum absolute atomic E-state index is 12.2. The molecule has 1 saturated carbocycles. The summed E-state index contributed by atoms with van der Waals surface area (Å²) >= 11 is 1.53. The Kier molecular flexibility index (Phi) is 4.52. The average Bonchev–Trinajstić information content (AvgIpc) is 3.21. The lowest BCUT2D eigenvalue weighted by Crippen LogP contribution is -2.36. The standard InChI is InChI=1S/C17H23NO3S/c1-3-11-4-7-14-12(8-11)9-15(22-14)17(20)21-10(2)16(19)18-13-5-6-13/h9-11,13H,3-8H2,1-2H3,(H,18,19)/t10-,11+/m1/s1. The minimum Gasteiger partial charge on any atom is -0.448 e. The van der Waals surface area contributed by atoms with Crippen molar-refractivity contribution in [1.29, 1.82) is 0 Å².